The van der Waals surface area contributed by atoms with Gasteiger partial charge in [-0.05, 0) is 30.7 Å². The van der Waals surface area contributed by atoms with Crippen LogP contribution in [0.3, 0.4) is 0 Å². The highest BCUT2D eigenvalue weighted by Crippen LogP contribution is 2.20. The fourth-order valence-electron chi connectivity index (χ4n) is 1.30. The maximum atomic E-state index is 10.9. The summed E-state index contributed by atoms with van der Waals surface area (Å²) in [7, 11) is 0. The SMILES string of the molecule is NCCC=Cc1ccc([N+](=O)[O-])c(C(=O)O)c1. The van der Waals surface area contributed by atoms with Crippen LogP contribution in [-0.2, 0) is 0 Å². The van der Waals surface area contributed by atoms with Crippen LogP contribution in [0, 0.1) is 10.1 Å². The van der Waals surface area contributed by atoms with Crippen molar-refractivity contribution in [1.29, 1.82) is 0 Å². The molecule has 1 aromatic rings. The molecule has 0 aliphatic rings. The lowest BCUT2D eigenvalue weighted by Crippen LogP contribution is -2.02. The normalized spacial score (nSPS) is 10.6. The van der Waals surface area contributed by atoms with Crippen molar-refractivity contribution >= 4 is 17.7 Å². The van der Waals surface area contributed by atoms with Gasteiger partial charge in [0.05, 0.1) is 4.92 Å². The average Bonchev–Trinajstić information content (AvgIpc) is 2.29. The predicted octanol–water partition coefficient (Wildman–Crippen LogP) is 1.66. The molecule has 0 bridgehead atoms. The molecule has 0 aliphatic carbocycles. The summed E-state index contributed by atoms with van der Waals surface area (Å²) in [5.74, 6) is -1.31. The molecule has 0 aromatic heterocycles. The molecule has 0 fully saturated rings. The maximum Gasteiger partial charge on any atom is 0.342 e. The summed E-state index contributed by atoms with van der Waals surface area (Å²) in [6.45, 7) is 0.495. The summed E-state index contributed by atoms with van der Waals surface area (Å²) in [4.78, 5) is 20.8. The molecule has 0 spiro atoms. The van der Waals surface area contributed by atoms with E-state index < -0.39 is 16.6 Å². The van der Waals surface area contributed by atoms with Gasteiger partial charge < -0.3 is 10.8 Å². The number of hydrogen-bond acceptors (Lipinski definition) is 4. The number of carbonyl (C=O) groups is 1. The highest BCUT2D eigenvalue weighted by molar-refractivity contribution is 5.93. The lowest BCUT2D eigenvalue weighted by Gasteiger charge is -1.99. The van der Waals surface area contributed by atoms with Gasteiger partial charge in [0, 0.05) is 6.07 Å². The summed E-state index contributed by atoms with van der Waals surface area (Å²) in [5.41, 5.74) is 5.17. The van der Waals surface area contributed by atoms with E-state index in [1.807, 2.05) is 0 Å². The van der Waals surface area contributed by atoms with Crippen molar-refractivity contribution in [2.75, 3.05) is 6.54 Å². The van der Waals surface area contributed by atoms with Crippen LogP contribution in [0.4, 0.5) is 5.69 Å². The largest absolute Gasteiger partial charge is 0.477 e. The number of carboxylic acids is 1. The number of nitro benzene ring substituents is 1. The first-order valence-electron chi connectivity index (χ1n) is 4.94. The zero-order chi connectivity index (χ0) is 12.8. The van der Waals surface area contributed by atoms with E-state index in [0.717, 1.165) is 0 Å². The number of carboxylic acid groups (broad SMARTS) is 1. The third-order valence-electron chi connectivity index (χ3n) is 2.09. The Kier molecular flexibility index (Phi) is 4.36. The Morgan fingerprint density at radius 2 is 2.24 bits per heavy atom. The Morgan fingerprint density at radius 1 is 1.53 bits per heavy atom. The van der Waals surface area contributed by atoms with Gasteiger partial charge in [-0.2, -0.15) is 0 Å². The molecule has 0 unspecified atom stereocenters. The van der Waals surface area contributed by atoms with Gasteiger partial charge in [-0.25, -0.2) is 4.79 Å². The van der Waals surface area contributed by atoms with Crippen LogP contribution < -0.4 is 5.73 Å². The molecule has 1 aromatic carbocycles. The smallest absolute Gasteiger partial charge is 0.342 e. The Balaban J connectivity index is 3.10. The van der Waals surface area contributed by atoms with Gasteiger partial charge in [-0.3, -0.25) is 10.1 Å². The van der Waals surface area contributed by atoms with E-state index in [1.54, 1.807) is 12.2 Å². The number of hydrogen-bond donors (Lipinski definition) is 2. The molecular formula is C11H12N2O4. The second-order valence-corrected chi connectivity index (χ2v) is 3.32. The number of nitro groups is 1. The number of nitrogens with zero attached hydrogens (tertiary/aromatic N) is 1. The molecule has 0 atom stereocenters. The van der Waals surface area contributed by atoms with Gasteiger partial charge in [0.15, 0.2) is 0 Å². The molecule has 0 aliphatic heterocycles. The van der Waals surface area contributed by atoms with Gasteiger partial charge >= 0.3 is 5.97 Å². The standard InChI is InChI=1S/C11H12N2O4/c12-6-2-1-3-8-4-5-10(13(16)17)9(7-8)11(14)15/h1,3-5,7H,2,6,12H2,(H,14,15). The molecule has 0 radical (unpaired) electrons. The Morgan fingerprint density at radius 3 is 2.76 bits per heavy atom. The van der Waals surface area contributed by atoms with Crippen LogP contribution in [0.1, 0.15) is 22.3 Å². The van der Waals surface area contributed by atoms with E-state index in [4.69, 9.17) is 10.8 Å². The third-order valence-corrected chi connectivity index (χ3v) is 2.09. The molecule has 0 saturated heterocycles. The molecule has 90 valence electrons. The lowest BCUT2D eigenvalue weighted by molar-refractivity contribution is -0.385. The van der Waals surface area contributed by atoms with Gasteiger partial charge in [0.1, 0.15) is 5.56 Å². The summed E-state index contributed by atoms with van der Waals surface area (Å²) >= 11 is 0. The second-order valence-electron chi connectivity index (χ2n) is 3.32. The van der Waals surface area contributed by atoms with E-state index in [2.05, 4.69) is 0 Å². The van der Waals surface area contributed by atoms with E-state index >= 15 is 0 Å². The van der Waals surface area contributed by atoms with Crippen molar-refractivity contribution in [3.63, 3.8) is 0 Å². The van der Waals surface area contributed by atoms with Crippen molar-refractivity contribution < 1.29 is 14.8 Å². The van der Waals surface area contributed by atoms with E-state index in [-0.39, 0.29) is 5.56 Å². The van der Waals surface area contributed by atoms with Crippen molar-refractivity contribution in [1.82, 2.24) is 0 Å². The highest BCUT2D eigenvalue weighted by atomic mass is 16.6. The number of aromatic carboxylic acids is 1. The molecule has 0 amide bonds. The topological polar surface area (TPSA) is 106 Å². The zero-order valence-electron chi connectivity index (χ0n) is 9.00. The molecule has 6 heteroatoms. The summed E-state index contributed by atoms with van der Waals surface area (Å²) in [5, 5.41) is 19.5. The molecule has 0 heterocycles. The first-order chi connectivity index (χ1) is 8.06. The third kappa shape index (κ3) is 3.39. The first kappa shape index (κ1) is 12.9. The summed E-state index contributed by atoms with van der Waals surface area (Å²) in [6.07, 6.45) is 4.13. The van der Waals surface area contributed by atoms with E-state index in [0.29, 0.717) is 18.5 Å². The monoisotopic (exact) mass is 236 g/mol. The fraction of sp³-hybridized carbons (Fsp3) is 0.182. The van der Waals surface area contributed by atoms with Gasteiger partial charge in [0.2, 0.25) is 0 Å². The van der Waals surface area contributed by atoms with Crippen molar-refractivity contribution in [2.24, 2.45) is 5.73 Å². The quantitative estimate of drug-likeness (QED) is 0.597. The summed E-state index contributed by atoms with van der Waals surface area (Å²) in [6, 6.07) is 3.96. The minimum atomic E-state index is -1.31. The van der Waals surface area contributed by atoms with Crippen molar-refractivity contribution in [3.8, 4) is 0 Å². The van der Waals surface area contributed by atoms with Gasteiger partial charge in [-0.1, -0.05) is 12.2 Å². The molecular weight excluding hydrogens is 224 g/mol. The molecule has 1 rings (SSSR count). The zero-order valence-corrected chi connectivity index (χ0v) is 9.00. The van der Waals surface area contributed by atoms with E-state index in [1.165, 1.54) is 18.2 Å². The summed E-state index contributed by atoms with van der Waals surface area (Å²) < 4.78 is 0. The fourth-order valence-corrected chi connectivity index (χ4v) is 1.30. The average molecular weight is 236 g/mol. The highest BCUT2D eigenvalue weighted by Gasteiger charge is 2.19. The molecule has 17 heavy (non-hydrogen) atoms. The number of benzene rings is 1. The van der Waals surface area contributed by atoms with Crippen LogP contribution in [0.25, 0.3) is 6.08 Å². The maximum absolute atomic E-state index is 10.9. The van der Waals surface area contributed by atoms with E-state index in [9.17, 15) is 14.9 Å². The lowest BCUT2D eigenvalue weighted by atomic mass is 10.1. The number of rotatable bonds is 5. The molecule has 0 saturated carbocycles. The Labute approximate surface area is 97.5 Å². The van der Waals surface area contributed by atoms with Crippen LogP contribution >= 0.6 is 0 Å². The van der Waals surface area contributed by atoms with Gasteiger partial charge in [-0.15, -0.1) is 0 Å². The first-order valence-corrected chi connectivity index (χ1v) is 4.94. The van der Waals surface area contributed by atoms with Gasteiger partial charge in [0.25, 0.3) is 5.69 Å². The van der Waals surface area contributed by atoms with Crippen LogP contribution in [0.5, 0.6) is 0 Å². The minimum absolute atomic E-state index is 0.315. The Hall–Kier alpha value is -2.21. The van der Waals surface area contributed by atoms with Crippen molar-refractivity contribution in [3.05, 3.63) is 45.5 Å². The minimum Gasteiger partial charge on any atom is -0.477 e. The van der Waals surface area contributed by atoms with Crippen LogP contribution in [0.2, 0.25) is 0 Å². The van der Waals surface area contributed by atoms with Crippen molar-refractivity contribution in [2.45, 2.75) is 6.42 Å². The second kappa shape index (κ2) is 5.76. The predicted molar refractivity (Wildman–Crippen MR) is 62.8 cm³/mol. The molecule has 3 N–H and O–H groups in total. The molecule has 6 nitrogen and oxygen atoms in total. The van der Waals surface area contributed by atoms with Crippen LogP contribution in [0.15, 0.2) is 24.3 Å². The number of nitrogens with two attached hydrogens (primary N) is 1. The van der Waals surface area contributed by atoms with Crippen LogP contribution in [-0.4, -0.2) is 22.5 Å². The Bertz CT molecular complexity index is 469.